The van der Waals surface area contributed by atoms with Gasteiger partial charge in [0.05, 0.1) is 0 Å². The van der Waals surface area contributed by atoms with Gasteiger partial charge in [-0.25, -0.2) is 0 Å². The van der Waals surface area contributed by atoms with Crippen molar-refractivity contribution in [2.45, 2.75) is 26.7 Å². The van der Waals surface area contributed by atoms with Gasteiger partial charge in [-0.05, 0) is 5.92 Å². The van der Waals surface area contributed by atoms with Crippen LogP contribution in [0.5, 0.6) is 0 Å². The number of hydrogen-bond acceptors (Lipinski definition) is 2. The molecule has 0 unspecified atom stereocenters. The van der Waals surface area contributed by atoms with Crippen molar-refractivity contribution in [2.75, 3.05) is 44.6 Å². The van der Waals surface area contributed by atoms with Crippen LogP contribution in [-0.2, 0) is 0 Å². The molecule has 0 saturated carbocycles. The summed E-state index contributed by atoms with van der Waals surface area (Å²) in [6.45, 7) is 12.2. The molecule has 0 aliphatic carbocycles. The largest absolute Gasteiger partial charge is 0.301 e. The summed E-state index contributed by atoms with van der Waals surface area (Å²) in [4.78, 5) is 5.19. The fourth-order valence-electron chi connectivity index (χ4n) is 2.23. The van der Waals surface area contributed by atoms with Gasteiger partial charge in [0.25, 0.3) is 0 Å². The second kappa shape index (κ2) is 7.64. The van der Waals surface area contributed by atoms with Crippen molar-refractivity contribution < 1.29 is 0 Å². The highest BCUT2D eigenvalue weighted by atomic mass is 79.9. The Morgan fingerprint density at radius 3 is 2.00 bits per heavy atom. The van der Waals surface area contributed by atoms with Crippen molar-refractivity contribution in [2.24, 2.45) is 5.92 Å². The summed E-state index contributed by atoms with van der Waals surface area (Å²) in [5.74, 6) is 0.910. The second-order valence-corrected chi connectivity index (χ2v) is 5.31. The highest BCUT2D eigenvalue weighted by Crippen LogP contribution is 2.11. The van der Waals surface area contributed by atoms with Gasteiger partial charge in [-0.3, -0.25) is 4.90 Å². The van der Waals surface area contributed by atoms with E-state index in [0.29, 0.717) is 0 Å². The maximum Gasteiger partial charge on any atom is 0.0159 e. The first-order valence-electron chi connectivity index (χ1n) is 6.30. The van der Waals surface area contributed by atoms with Crippen LogP contribution in [0.1, 0.15) is 26.7 Å². The van der Waals surface area contributed by atoms with Crippen molar-refractivity contribution >= 4 is 15.9 Å². The summed E-state index contributed by atoms with van der Waals surface area (Å²) in [7, 11) is 0. The molecule has 0 radical (unpaired) electrons. The highest BCUT2D eigenvalue weighted by Gasteiger charge is 2.17. The lowest BCUT2D eigenvalue weighted by Crippen LogP contribution is -2.48. The number of hydrogen-bond donors (Lipinski definition) is 0. The summed E-state index contributed by atoms with van der Waals surface area (Å²) in [5, 5.41) is 1.11. The lowest BCUT2D eigenvalue weighted by Gasteiger charge is -2.36. The number of rotatable bonds is 6. The molecule has 1 heterocycles. The Bertz CT molecular complexity index is 152. The molecule has 1 aliphatic rings. The number of nitrogens with zero attached hydrogens (tertiary/aromatic N) is 2. The van der Waals surface area contributed by atoms with Gasteiger partial charge >= 0.3 is 0 Å². The molecular weight excluding hydrogens is 252 g/mol. The van der Waals surface area contributed by atoms with Gasteiger partial charge in [0.1, 0.15) is 0 Å². The van der Waals surface area contributed by atoms with Gasteiger partial charge in [-0.15, -0.1) is 0 Å². The van der Waals surface area contributed by atoms with E-state index < -0.39 is 0 Å². The van der Waals surface area contributed by atoms with Crippen LogP contribution >= 0.6 is 15.9 Å². The average molecular weight is 277 g/mol. The predicted molar refractivity (Wildman–Crippen MR) is 70.7 cm³/mol. The smallest absolute Gasteiger partial charge is 0.0159 e. The van der Waals surface area contributed by atoms with Crippen molar-refractivity contribution in [1.82, 2.24) is 9.80 Å². The van der Waals surface area contributed by atoms with E-state index in [4.69, 9.17) is 0 Å². The molecule has 15 heavy (non-hydrogen) atoms. The number of piperazine rings is 1. The van der Waals surface area contributed by atoms with Gasteiger partial charge in [0.15, 0.2) is 0 Å². The first-order chi connectivity index (χ1) is 7.30. The molecule has 0 spiro atoms. The minimum absolute atomic E-state index is 0.910. The van der Waals surface area contributed by atoms with Crippen LogP contribution in [0.15, 0.2) is 0 Å². The highest BCUT2D eigenvalue weighted by molar-refractivity contribution is 9.09. The zero-order valence-corrected chi connectivity index (χ0v) is 11.8. The minimum atomic E-state index is 0.910. The van der Waals surface area contributed by atoms with E-state index in [1.807, 2.05) is 0 Å². The van der Waals surface area contributed by atoms with Gasteiger partial charge < -0.3 is 4.90 Å². The van der Waals surface area contributed by atoms with Gasteiger partial charge in [-0.1, -0.05) is 42.6 Å². The third kappa shape index (κ3) is 4.83. The Balaban J connectivity index is 2.19. The van der Waals surface area contributed by atoms with Crippen molar-refractivity contribution in [3.8, 4) is 0 Å². The fraction of sp³-hybridized carbons (Fsp3) is 1.00. The minimum Gasteiger partial charge on any atom is -0.301 e. The molecule has 0 amide bonds. The molecule has 1 fully saturated rings. The monoisotopic (exact) mass is 276 g/mol. The molecular formula is C12H25BrN2. The van der Waals surface area contributed by atoms with E-state index in [2.05, 4.69) is 39.6 Å². The summed E-state index contributed by atoms with van der Waals surface area (Å²) < 4.78 is 0. The third-order valence-electron chi connectivity index (χ3n) is 3.54. The predicted octanol–water partition coefficient (Wildman–Crippen LogP) is 2.44. The summed E-state index contributed by atoms with van der Waals surface area (Å²) >= 11 is 3.51. The van der Waals surface area contributed by atoms with Gasteiger partial charge in [0, 0.05) is 44.6 Å². The summed E-state index contributed by atoms with van der Waals surface area (Å²) in [6.07, 6.45) is 2.66. The molecule has 0 aromatic heterocycles. The molecule has 1 saturated heterocycles. The summed E-state index contributed by atoms with van der Waals surface area (Å²) in [5.41, 5.74) is 0. The van der Waals surface area contributed by atoms with Crippen molar-refractivity contribution in [3.05, 3.63) is 0 Å². The van der Waals surface area contributed by atoms with E-state index in [-0.39, 0.29) is 0 Å². The standard InChI is InChI=1S/C12H25BrN2/c1-3-12(4-2)11-15-9-7-14(6-5-13)8-10-15/h12H,3-11H2,1-2H3. The van der Waals surface area contributed by atoms with Crippen LogP contribution in [0.3, 0.4) is 0 Å². The Labute approximate surface area is 103 Å². The maximum absolute atomic E-state index is 3.51. The van der Waals surface area contributed by atoms with Crippen molar-refractivity contribution in [3.63, 3.8) is 0 Å². The molecule has 2 nitrogen and oxygen atoms in total. The van der Waals surface area contributed by atoms with Crippen LogP contribution in [-0.4, -0.2) is 54.4 Å². The normalized spacial score (nSPS) is 20.0. The van der Waals surface area contributed by atoms with Crippen LogP contribution in [0.2, 0.25) is 0 Å². The zero-order chi connectivity index (χ0) is 11.1. The Morgan fingerprint density at radius 2 is 1.53 bits per heavy atom. The fourth-order valence-corrected chi connectivity index (χ4v) is 2.73. The lowest BCUT2D eigenvalue weighted by atomic mass is 10.0. The third-order valence-corrected chi connectivity index (χ3v) is 3.89. The lowest BCUT2D eigenvalue weighted by molar-refractivity contribution is 0.121. The van der Waals surface area contributed by atoms with Crippen LogP contribution < -0.4 is 0 Å². The van der Waals surface area contributed by atoms with Gasteiger partial charge in [0.2, 0.25) is 0 Å². The maximum atomic E-state index is 3.51. The van der Waals surface area contributed by atoms with E-state index in [0.717, 1.165) is 11.2 Å². The molecule has 0 aromatic rings. The quantitative estimate of drug-likeness (QED) is 0.688. The molecule has 0 atom stereocenters. The zero-order valence-electron chi connectivity index (χ0n) is 10.2. The Hall–Kier alpha value is 0.400. The molecule has 0 aromatic carbocycles. The second-order valence-electron chi connectivity index (χ2n) is 4.51. The molecule has 90 valence electrons. The molecule has 0 bridgehead atoms. The van der Waals surface area contributed by atoms with Crippen molar-refractivity contribution in [1.29, 1.82) is 0 Å². The van der Waals surface area contributed by atoms with Crippen LogP contribution in [0, 0.1) is 5.92 Å². The molecule has 1 rings (SSSR count). The van der Waals surface area contributed by atoms with E-state index in [1.165, 1.54) is 52.1 Å². The summed E-state index contributed by atoms with van der Waals surface area (Å²) in [6, 6.07) is 0. The first kappa shape index (κ1) is 13.5. The van der Waals surface area contributed by atoms with Gasteiger partial charge in [-0.2, -0.15) is 0 Å². The topological polar surface area (TPSA) is 6.48 Å². The first-order valence-corrected chi connectivity index (χ1v) is 7.43. The molecule has 3 heteroatoms. The SMILES string of the molecule is CCC(CC)CN1CCN(CCBr)CC1. The van der Waals surface area contributed by atoms with E-state index in [1.54, 1.807) is 0 Å². The number of alkyl halides is 1. The molecule has 1 aliphatic heterocycles. The number of halogens is 1. The Kier molecular flexibility index (Phi) is 6.86. The Morgan fingerprint density at radius 1 is 1.00 bits per heavy atom. The average Bonchev–Trinajstić information content (AvgIpc) is 2.28. The van der Waals surface area contributed by atoms with E-state index in [9.17, 15) is 0 Å². The van der Waals surface area contributed by atoms with Crippen LogP contribution in [0.25, 0.3) is 0 Å². The van der Waals surface area contributed by atoms with Crippen LogP contribution in [0.4, 0.5) is 0 Å². The van der Waals surface area contributed by atoms with E-state index >= 15 is 0 Å². The molecule has 0 N–H and O–H groups in total.